The van der Waals surface area contributed by atoms with Crippen molar-refractivity contribution in [3.8, 4) is 11.4 Å². The molecule has 1 aromatic carbocycles. The Labute approximate surface area is 139 Å². The Morgan fingerprint density at radius 2 is 2.04 bits per heavy atom. The molecule has 6 nitrogen and oxygen atoms in total. The fourth-order valence-electron chi connectivity index (χ4n) is 2.72. The Bertz CT molecular complexity index is 668. The van der Waals surface area contributed by atoms with E-state index in [9.17, 15) is 4.79 Å². The van der Waals surface area contributed by atoms with Crippen LogP contribution in [0.2, 0.25) is 5.02 Å². The molecule has 0 radical (unpaired) electrons. The Hall–Kier alpha value is -2.08. The summed E-state index contributed by atoms with van der Waals surface area (Å²) in [6.45, 7) is 0.190. The predicted octanol–water partition coefficient (Wildman–Crippen LogP) is 3.52. The molecule has 0 spiro atoms. The van der Waals surface area contributed by atoms with Gasteiger partial charge in [0.1, 0.15) is 0 Å². The maximum absolute atomic E-state index is 11.9. The molecule has 1 fully saturated rings. The second-order valence-corrected chi connectivity index (χ2v) is 6.06. The number of carbonyl (C=O) groups excluding carboxylic acids is 1. The predicted molar refractivity (Wildman–Crippen MR) is 87.0 cm³/mol. The number of rotatable bonds is 4. The molecule has 3 rings (SSSR count). The zero-order chi connectivity index (χ0) is 16.1. The summed E-state index contributed by atoms with van der Waals surface area (Å²) in [6, 6.07) is 7.35. The zero-order valence-electron chi connectivity index (χ0n) is 12.7. The highest BCUT2D eigenvalue weighted by atomic mass is 35.5. The fourth-order valence-corrected chi connectivity index (χ4v) is 2.94. The molecular formula is C16H19ClN4O2. The summed E-state index contributed by atoms with van der Waals surface area (Å²) in [7, 11) is 0. The maximum Gasteiger partial charge on any atom is 0.315 e. The molecule has 1 saturated carbocycles. The van der Waals surface area contributed by atoms with E-state index in [-0.39, 0.29) is 18.6 Å². The normalized spacial score (nSPS) is 15.3. The van der Waals surface area contributed by atoms with E-state index in [4.69, 9.17) is 16.1 Å². The Morgan fingerprint density at radius 3 is 2.83 bits per heavy atom. The van der Waals surface area contributed by atoms with Crippen LogP contribution < -0.4 is 10.6 Å². The van der Waals surface area contributed by atoms with E-state index in [1.807, 2.05) is 18.2 Å². The van der Waals surface area contributed by atoms with Crippen molar-refractivity contribution in [1.82, 2.24) is 20.8 Å². The molecule has 1 aliphatic rings. The lowest BCUT2D eigenvalue weighted by molar-refractivity contribution is 0.230. The number of nitrogens with zero attached hydrogens (tertiary/aromatic N) is 2. The number of hydrogen-bond donors (Lipinski definition) is 2. The molecule has 0 bridgehead atoms. The fraction of sp³-hybridized carbons (Fsp3) is 0.438. The first-order chi connectivity index (χ1) is 11.2. The highest BCUT2D eigenvalue weighted by Crippen LogP contribution is 2.24. The van der Waals surface area contributed by atoms with Crippen LogP contribution in [0.15, 0.2) is 28.8 Å². The van der Waals surface area contributed by atoms with Gasteiger partial charge >= 0.3 is 6.03 Å². The number of benzene rings is 1. The van der Waals surface area contributed by atoms with Gasteiger partial charge in [-0.1, -0.05) is 48.2 Å². The maximum atomic E-state index is 11.9. The molecule has 2 amide bonds. The standard InChI is InChI=1S/C16H19ClN4O2/c17-13-9-5-4-8-12(13)15-20-14(23-21-15)10-18-16(22)19-11-6-2-1-3-7-11/h4-5,8-9,11H,1-3,6-7,10H2,(H2,18,19,22). The first-order valence-electron chi connectivity index (χ1n) is 7.84. The van der Waals surface area contributed by atoms with Crippen molar-refractivity contribution < 1.29 is 9.32 Å². The first-order valence-corrected chi connectivity index (χ1v) is 8.22. The Morgan fingerprint density at radius 1 is 1.26 bits per heavy atom. The molecule has 7 heteroatoms. The molecule has 1 aliphatic carbocycles. The summed E-state index contributed by atoms with van der Waals surface area (Å²) in [5.74, 6) is 0.763. The topological polar surface area (TPSA) is 80.1 Å². The van der Waals surface area contributed by atoms with E-state index < -0.39 is 0 Å². The van der Waals surface area contributed by atoms with Crippen molar-refractivity contribution >= 4 is 17.6 Å². The van der Waals surface area contributed by atoms with Gasteiger partial charge in [0.2, 0.25) is 11.7 Å². The van der Waals surface area contributed by atoms with Gasteiger partial charge in [-0.3, -0.25) is 0 Å². The van der Waals surface area contributed by atoms with Gasteiger partial charge < -0.3 is 15.2 Å². The minimum Gasteiger partial charge on any atom is -0.337 e. The van der Waals surface area contributed by atoms with E-state index in [2.05, 4.69) is 20.8 Å². The largest absolute Gasteiger partial charge is 0.337 e. The van der Waals surface area contributed by atoms with Gasteiger partial charge in [0.05, 0.1) is 11.6 Å². The molecule has 0 atom stereocenters. The highest BCUT2D eigenvalue weighted by molar-refractivity contribution is 6.33. The van der Waals surface area contributed by atoms with Crippen molar-refractivity contribution in [3.63, 3.8) is 0 Å². The van der Waals surface area contributed by atoms with Crippen LogP contribution in [0, 0.1) is 0 Å². The van der Waals surface area contributed by atoms with Gasteiger partial charge in [0.25, 0.3) is 0 Å². The monoisotopic (exact) mass is 334 g/mol. The van der Waals surface area contributed by atoms with Crippen LogP contribution in [0.25, 0.3) is 11.4 Å². The van der Waals surface area contributed by atoms with Crippen LogP contribution in [-0.4, -0.2) is 22.2 Å². The molecular weight excluding hydrogens is 316 g/mol. The number of urea groups is 1. The van der Waals surface area contributed by atoms with E-state index >= 15 is 0 Å². The Balaban J connectivity index is 1.53. The van der Waals surface area contributed by atoms with Gasteiger partial charge in [-0.15, -0.1) is 0 Å². The van der Waals surface area contributed by atoms with Gasteiger partial charge in [0.15, 0.2) is 0 Å². The van der Waals surface area contributed by atoms with Gasteiger partial charge in [-0.05, 0) is 25.0 Å². The number of halogens is 1. The van der Waals surface area contributed by atoms with Crippen molar-refractivity contribution in [2.24, 2.45) is 0 Å². The number of carbonyl (C=O) groups is 1. The summed E-state index contributed by atoms with van der Waals surface area (Å²) in [5.41, 5.74) is 0.704. The molecule has 23 heavy (non-hydrogen) atoms. The lowest BCUT2D eigenvalue weighted by Crippen LogP contribution is -2.42. The van der Waals surface area contributed by atoms with Crippen LogP contribution in [0.1, 0.15) is 38.0 Å². The van der Waals surface area contributed by atoms with E-state index in [1.54, 1.807) is 6.07 Å². The summed E-state index contributed by atoms with van der Waals surface area (Å²) < 4.78 is 5.15. The SMILES string of the molecule is O=C(NCc1nc(-c2ccccc2Cl)no1)NC1CCCCC1. The number of nitrogens with one attached hydrogen (secondary N) is 2. The summed E-state index contributed by atoms with van der Waals surface area (Å²) >= 11 is 6.10. The van der Waals surface area contributed by atoms with Crippen molar-refractivity contribution in [3.05, 3.63) is 35.2 Å². The van der Waals surface area contributed by atoms with Crippen molar-refractivity contribution in [2.75, 3.05) is 0 Å². The van der Waals surface area contributed by atoms with E-state index in [1.165, 1.54) is 19.3 Å². The summed E-state index contributed by atoms with van der Waals surface area (Å²) in [4.78, 5) is 16.1. The zero-order valence-corrected chi connectivity index (χ0v) is 13.5. The molecule has 0 unspecified atom stereocenters. The van der Waals surface area contributed by atoms with Crippen LogP contribution >= 0.6 is 11.6 Å². The molecule has 0 saturated heterocycles. The van der Waals surface area contributed by atoms with Crippen molar-refractivity contribution in [1.29, 1.82) is 0 Å². The number of amides is 2. The molecule has 0 aliphatic heterocycles. The summed E-state index contributed by atoms with van der Waals surface area (Å²) in [6.07, 6.45) is 5.70. The molecule has 1 aromatic heterocycles. The smallest absolute Gasteiger partial charge is 0.315 e. The molecule has 1 heterocycles. The molecule has 122 valence electrons. The minimum atomic E-state index is -0.200. The van der Waals surface area contributed by atoms with Crippen LogP contribution in [-0.2, 0) is 6.54 Å². The molecule has 2 aromatic rings. The van der Waals surface area contributed by atoms with Crippen LogP contribution in [0.5, 0.6) is 0 Å². The number of hydrogen-bond acceptors (Lipinski definition) is 4. The first kappa shape index (κ1) is 15.8. The second-order valence-electron chi connectivity index (χ2n) is 5.65. The van der Waals surface area contributed by atoms with Crippen LogP contribution in [0.4, 0.5) is 4.79 Å². The average molecular weight is 335 g/mol. The van der Waals surface area contributed by atoms with E-state index in [0.29, 0.717) is 22.3 Å². The van der Waals surface area contributed by atoms with Gasteiger partial charge in [0, 0.05) is 11.6 Å². The second kappa shape index (κ2) is 7.46. The third-order valence-electron chi connectivity index (χ3n) is 3.92. The quantitative estimate of drug-likeness (QED) is 0.896. The highest BCUT2D eigenvalue weighted by Gasteiger charge is 2.16. The van der Waals surface area contributed by atoms with Crippen molar-refractivity contribution in [2.45, 2.75) is 44.7 Å². The number of aromatic nitrogens is 2. The van der Waals surface area contributed by atoms with Crippen LogP contribution in [0.3, 0.4) is 0 Å². The average Bonchev–Trinajstić information content (AvgIpc) is 3.03. The van der Waals surface area contributed by atoms with Gasteiger partial charge in [-0.2, -0.15) is 4.98 Å². The third-order valence-corrected chi connectivity index (χ3v) is 4.25. The summed E-state index contributed by atoms with van der Waals surface area (Å²) in [5, 5.41) is 10.2. The lowest BCUT2D eigenvalue weighted by atomic mass is 9.96. The van der Waals surface area contributed by atoms with E-state index in [0.717, 1.165) is 12.8 Å². The Kier molecular flexibility index (Phi) is 5.12. The third kappa shape index (κ3) is 4.22. The molecule has 2 N–H and O–H groups in total. The van der Waals surface area contributed by atoms with Gasteiger partial charge in [-0.25, -0.2) is 4.79 Å². The lowest BCUT2D eigenvalue weighted by Gasteiger charge is -2.22. The minimum absolute atomic E-state index is 0.190.